The summed E-state index contributed by atoms with van der Waals surface area (Å²) in [5.74, 6) is 1.12. The van der Waals surface area contributed by atoms with E-state index in [4.69, 9.17) is 4.74 Å². The molecule has 4 heteroatoms. The SMILES string of the molecule is CC(C)CC(C)OCC(O)CNC(c1cccs1)C(C)C. The van der Waals surface area contributed by atoms with Crippen LogP contribution in [0.4, 0.5) is 0 Å². The molecule has 1 aromatic heterocycles. The second-order valence-electron chi connectivity index (χ2n) is 6.57. The zero-order valence-electron chi connectivity index (χ0n) is 14.0. The van der Waals surface area contributed by atoms with Gasteiger partial charge >= 0.3 is 0 Å². The van der Waals surface area contributed by atoms with Gasteiger partial charge in [0, 0.05) is 17.5 Å². The van der Waals surface area contributed by atoms with Gasteiger partial charge in [-0.2, -0.15) is 0 Å². The van der Waals surface area contributed by atoms with Crippen LogP contribution in [0.5, 0.6) is 0 Å². The van der Waals surface area contributed by atoms with Crippen molar-refractivity contribution in [1.82, 2.24) is 5.32 Å². The van der Waals surface area contributed by atoms with Crippen LogP contribution in [-0.4, -0.2) is 30.5 Å². The smallest absolute Gasteiger partial charge is 0.0898 e. The van der Waals surface area contributed by atoms with Crippen molar-refractivity contribution in [2.75, 3.05) is 13.2 Å². The molecule has 0 fully saturated rings. The van der Waals surface area contributed by atoms with Gasteiger partial charge in [-0.15, -0.1) is 11.3 Å². The highest BCUT2D eigenvalue weighted by Crippen LogP contribution is 2.25. The minimum absolute atomic E-state index is 0.206. The monoisotopic (exact) mass is 313 g/mol. The standard InChI is InChI=1S/C17H31NO2S/c1-12(2)9-14(5)20-11-15(19)10-18-17(13(3)4)16-7-6-8-21-16/h6-8,12-15,17-19H,9-11H2,1-5H3. The summed E-state index contributed by atoms with van der Waals surface area (Å²) in [5.41, 5.74) is 0. The van der Waals surface area contributed by atoms with E-state index in [2.05, 4.69) is 57.4 Å². The fourth-order valence-corrected chi connectivity index (χ4v) is 3.44. The maximum atomic E-state index is 10.1. The topological polar surface area (TPSA) is 41.5 Å². The van der Waals surface area contributed by atoms with Crippen LogP contribution in [0.15, 0.2) is 17.5 Å². The number of hydrogen-bond donors (Lipinski definition) is 2. The van der Waals surface area contributed by atoms with Crippen molar-refractivity contribution in [3.8, 4) is 0 Å². The van der Waals surface area contributed by atoms with E-state index in [1.54, 1.807) is 11.3 Å². The molecule has 0 aliphatic heterocycles. The molecule has 21 heavy (non-hydrogen) atoms. The summed E-state index contributed by atoms with van der Waals surface area (Å²) in [6, 6.07) is 4.52. The molecule has 0 amide bonds. The Hall–Kier alpha value is -0.420. The summed E-state index contributed by atoms with van der Waals surface area (Å²) < 4.78 is 5.71. The molecule has 3 unspecified atom stereocenters. The van der Waals surface area contributed by atoms with Crippen LogP contribution in [0.25, 0.3) is 0 Å². The van der Waals surface area contributed by atoms with E-state index in [-0.39, 0.29) is 6.10 Å². The predicted octanol–water partition coefficient (Wildman–Crippen LogP) is 3.85. The maximum absolute atomic E-state index is 10.1. The van der Waals surface area contributed by atoms with Crippen molar-refractivity contribution in [2.45, 2.75) is 59.3 Å². The van der Waals surface area contributed by atoms with Crippen molar-refractivity contribution in [2.24, 2.45) is 11.8 Å². The van der Waals surface area contributed by atoms with Gasteiger partial charge in [-0.05, 0) is 36.6 Å². The second-order valence-corrected chi connectivity index (χ2v) is 7.55. The van der Waals surface area contributed by atoms with Gasteiger partial charge in [0.05, 0.1) is 18.8 Å². The average molecular weight is 314 g/mol. The summed E-state index contributed by atoms with van der Waals surface area (Å²) in [4.78, 5) is 1.33. The summed E-state index contributed by atoms with van der Waals surface area (Å²) in [7, 11) is 0. The average Bonchev–Trinajstić information content (AvgIpc) is 2.89. The Morgan fingerprint density at radius 3 is 2.48 bits per heavy atom. The molecule has 2 N–H and O–H groups in total. The number of thiophene rings is 1. The highest BCUT2D eigenvalue weighted by Gasteiger charge is 2.18. The van der Waals surface area contributed by atoms with Gasteiger partial charge in [0.2, 0.25) is 0 Å². The lowest BCUT2D eigenvalue weighted by molar-refractivity contribution is -0.00968. The Morgan fingerprint density at radius 1 is 1.24 bits per heavy atom. The van der Waals surface area contributed by atoms with E-state index >= 15 is 0 Å². The summed E-state index contributed by atoms with van der Waals surface area (Å²) >= 11 is 1.76. The number of aliphatic hydroxyl groups is 1. The van der Waals surface area contributed by atoms with Gasteiger partial charge in [0.25, 0.3) is 0 Å². The molecule has 0 saturated carbocycles. The molecule has 3 nitrogen and oxygen atoms in total. The third-order valence-corrected chi connectivity index (χ3v) is 4.42. The number of rotatable bonds is 10. The zero-order chi connectivity index (χ0) is 15.8. The van der Waals surface area contributed by atoms with Crippen molar-refractivity contribution in [3.63, 3.8) is 0 Å². The molecule has 0 saturated heterocycles. The van der Waals surface area contributed by atoms with Gasteiger partial charge in [-0.25, -0.2) is 0 Å². The fraction of sp³-hybridized carbons (Fsp3) is 0.765. The first-order valence-corrected chi connectivity index (χ1v) is 8.84. The van der Waals surface area contributed by atoms with Gasteiger partial charge in [-0.1, -0.05) is 33.8 Å². The molecule has 0 aliphatic carbocycles. The minimum atomic E-state index is -0.458. The Morgan fingerprint density at radius 2 is 1.95 bits per heavy atom. The molecular weight excluding hydrogens is 282 g/mol. The molecule has 1 heterocycles. The van der Waals surface area contributed by atoms with E-state index in [9.17, 15) is 5.11 Å². The van der Waals surface area contributed by atoms with Crippen molar-refractivity contribution >= 4 is 11.3 Å². The van der Waals surface area contributed by atoms with Crippen LogP contribution in [0.2, 0.25) is 0 Å². The first kappa shape index (κ1) is 18.6. The Kier molecular flexibility index (Phi) is 8.49. The molecule has 1 rings (SSSR count). The molecular formula is C17H31NO2S. The lowest BCUT2D eigenvalue weighted by atomic mass is 10.0. The second kappa shape index (κ2) is 9.57. The molecule has 1 aromatic rings. The molecule has 0 spiro atoms. The first-order chi connectivity index (χ1) is 9.90. The highest BCUT2D eigenvalue weighted by molar-refractivity contribution is 7.10. The van der Waals surface area contributed by atoms with Crippen LogP contribution in [0.3, 0.4) is 0 Å². The predicted molar refractivity (Wildman–Crippen MR) is 90.8 cm³/mol. The number of ether oxygens (including phenoxy) is 1. The Balaban J connectivity index is 2.32. The minimum Gasteiger partial charge on any atom is -0.389 e. The van der Waals surface area contributed by atoms with E-state index < -0.39 is 6.10 Å². The van der Waals surface area contributed by atoms with Gasteiger partial charge in [0.15, 0.2) is 0 Å². The lowest BCUT2D eigenvalue weighted by Gasteiger charge is -2.24. The van der Waals surface area contributed by atoms with Gasteiger partial charge in [-0.3, -0.25) is 0 Å². The van der Waals surface area contributed by atoms with Crippen LogP contribution < -0.4 is 5.32 Å². The van der Waals surface area contributed by atoms with Crippen LogP contribution >= 0.6 is 11.3 Å². The summed E-state index contributed by atoms with van der Waals surface area (Å²) in [6.45, 7) is 11.8. The first-order valence-electron chi connectivity index (χ1n) is 7.96. The zero-order valence-corrected chi connectivity index (χ0v) is 14.8. The van der Waals surface area contributed by atoms with Crippen LogP contribution in [0.1, 0.15) is 52.0 Å². The van der Waals surface area contributed by atoms with E-state index in [0.29, 0.717) is 31.0 Å². The van der Waals surface area contributed by atoms with Gasteiger partial charge in [0.1, 0.15) is 0 Å². The number of nitrogens with one attached hydrogen (secondary N) is 1. The highest BCUT2D eigenvalue weighted by atomic mass is 32.1. The number of hydrogen-bond acceptors (Lipinski definition) is 4. The molecule has 122 valence electrons. The summed E-state index contributed by atoms with van der Waals surface area (Å²) in [6.07, 6.45) is 0.780. The van der Waals surface area contributed by atoms with E-state index in [1.807, 2.05) is 0 Å². The van der Waals surface area contributed by atoms with Crippen LogP contribution in [-0.2, 0) is 4.74 Å². The number of aliphatic hydroxyl groups excluding tert-OH is 1. The molecule has 0 aliphatic rings. The fourth-order valence-electron chi connectivity index (χ4n) is 2.46. The van der Waals surface area contributed by atoms with Gasteiger partial charge < -0.3 is 15.2 Å². The molecule has 3 atom stereocenters. The quantitative estimate of drug-likeness (QED) is 0.689. The third kappa shape index (κ3) is 7.41. The van der Waals surface area contributed by atoms with Crippen molar-refractivity contribution in [1.29, 1.82) is 0 Å². The molecule has 0 bridgehead atoms. The summed E-state index contributed by atoms with van der Waals surface area (Å²) in [5, 5.41) is 15.6. The molecule has 0 aromatic carbocycles. The van der Waals surface area contributed by atoms with Crippen molar-refractivity contribution in [3.05, 3.63) is 22.4 Å². The third-order valence-electron chi connectivity index (χ3n) is 3.47. The largest absolute Gasteiger partial charge is 0.389 e. The Bertz CT molecular complexity index is 365. The van der Waals surface area contributed by atoms with E-state index in [0.717, 1.165) is 6.42 Å². The molecule has 0 radical (unpaired) electrons. The van der Waals surface area contributed by atoms with Crippen molar-refractivity contribution < 1.29 is 9.84 Å². The Labute approximate surface area is 133 Å². The van der Waals surface area contributed by atoms with Crippen LogP contribution in [0, 0.1) is 11.8 Å². The maximum Gasteiger partial charge on any atom is 0.0898 e. The normalized spacial score (nSPS) is 16.4. The lowest BCUT2D eigenvalue weighted by Crippen LogP contribution is -2.35. The van der Waals surface area contributed by atoms with E-state index in [1.165, 1.54) is 4.88 Å².